The summed E-state index contributed by atoms with van der Waals surface area (Å²) in [6.07, 6.45) is 0. The van der Waals surface area contributed by atoms with Gasteiger partial charge in [0, 0.05) is 0 Å². The van der Waals surface area contributed by atoms with Gasteiger partial charge in [0.05, 0.1) is 0 Å². The van der Waals surface area contributed by atoms with Gasteiger partial charge in [0.15, 0.2) is 0 Å². The van der Waals surface area contributed by atoms with E-state index >= 15 is 0 Å². The monoisotopic (exact) mass is 135 g/mol. The molecule has 0 radical (unpaired) electrons. The molecule has 0 fully saturated rings. The van der Waals surface area contributed by atoms with Gasteiger partial charge in [0.25, 0.3) is 0 Å². The van der Waals surface area contributed by atoms with Gasteiger partial charge in [-0.25, -0.2) is 4.79 Å². The number of hydrogen-bond donors (Lipinski definition) is 4. The van der Waals surface area contributed by atoms with Crippen LogP contribution in [0.5, 0.6) is 0 Å². The van der Waals surface area contributed by atoms with Crippen molar-refractivity contribution in [3.05, 3.63) is 0 Å². The number of nitrogens with one attached hydrogen (secondary N) is 2. The van der Waals surface area contributed by atoms with Gasteiger partial charge in [-0.2, -0.15) is 5.48 Å². The van der Waals surface area contributed by atoms with Crippen molar-refractivity contribution < 1.29 is 9.63 Å². The number of rotatable bonds is 0. The van der Waals surface area contributed by atoms with Gasteiger partial charge in [-0.1, -0.05) is 12.6 Å². The average Bonchev–Trinajstić information content (AvgIpc) is 1.61. The quantitative estimate of drug-likeness (QED) is 0.155. The second-order valence-electron chi connectivity index (χ2n) is 0.884. The molecule has 0 unspecified atom stereocenters. The van der Waals surface area contributed by atoms with Crippen LogP contribution in [0.1, 0.15) is 0 Å². The Morgan fingerprint density at radius 1 is 1.88 bits per heavy atom. The summed E-state index contributed by atoms with van der Waals surface area (Å²) in [6.45, 7) is 0. The molecule has 6 heteroatoms. The van der Waals surface area contributed by atoms with Gasteiger partial charge < -0.3 is 10.6 Å². The first-order valence-electron chi connectivity index (χ1n) is 1.62. The first kappa shape index (κ1) is 7.09. The lowest BCUT2D eigenvalue weighted by molar-refractivity contribution is 0.148. The fourth-order valence-electron chi connectivity index (χ4n) is 0.0986. The van der Waals surface area contributed by atoms with E-state index in [4.69, 9.17) is 11.1 Å². The number of hydrogen-bond acceptors (Lipinski definition) is 3. The Morgan fingerprint density at radius 3 is 2.50 bits per heavy atom. The molecule has 0 aromatic heterocycles. The molecule has 0 bridgehead atoms. The zero-order valence-corrected chi connectivity index (χ0v) is 4.74. The maximum Gasteiger partial charge on any atom is 0.388 e. The molecule has 5 nitrogen and oxygen atoms in total. The maximum absolute atomic E-state index is 9.78. The van der Waals surface area contributed by atoms with Crippen LogP contribution in [0, 0.1) is 5.41 Å². The van der Waals surface area contributed by atoms with Crippen molar-refractivity contribution in [2.24, 2.45) is 5.73 Å². The average molecular weight is 135 g/mol. The summed E-state index contributed by atoms with van der Waals surface area (Å²) >= 11 is 3.20. The van der Waals surface area contributed by atoms with Gasteiger partial charge in [-0.15, -0.1) is 0 Å². The smallest absolute Gasteiger partial charge is 0.368 e. The lowest BCUT2D eigenvalue weighted by Crippen LogP contribution is -2.30. The van der Waals surface area contributed by atoms with Crippen molar-refractivity contribution in [1.82, 2.24) is 5.48 Å². The van der Waals surface area contributed by atoms with Gasteiger partial charge >= 0.3 is 5.30 Å². The van der Waals surface area contributed by atoms with Crippen molar-refractivity contribution in [2.75, 3.05) is 0 Å². The van der Waals surface area contributed by atoms with E-state index in [-0.39, 0.29) is 0 Å². The van der Waals surface area contributed by atoms with Crippen LogP contribution < -0.4 is 11.2 Å². The zero-order chi connectivity index (χ0) is 6.57. The molecule has 0 aliphatic carbocycles. The molecule has 0 saturated carbocycles. The van der Waals surface area contributed by atoms with Crippen molar-refractivity contribution in [3.8, 4) is 0 Å². The van der Waals surface area contributed by atoms with Crippen LogP contribution in [0.2, 0.25) is 0 Å². The van der Waals surface area contributed by atoms with E-state index in [9.17, 15) is 4.79 Å². The lowest BCUT2D eigenvalue weighted by Gasteiger charge is -1.97. The largest absolute Gasteiger partial charge is 0.388 e. The summed E-state index contributed by atoms with van der Waals surface area (Å²) in [5.74, 6) is -0.438. The molecule has 0 aliphatic heterocycles. The second-order valence-corrected chi connectivity index (χ2v) is 1.25. The Balaban J connectivity index is 3.18. The third kappa shape index (κ3) is 5.09. The number of nitrogens with two attached hydrogens (primary N) is 1. The molecule has 0 amide bonds. The van der Waals surface area contributed by atoms with Crippen LogP contribution in [0.15, 0.2) is 0 Å². The Labute approximate surface area is 51.1 Å². The topological polar surface area (TPSA) is 88.2 Å². The van der Waals surface area contributed by atoms with Gasteiger partial charge in [0.2, 0.25) is 5.96 Å². The third-order valence-corrected chi connectivity index (χ3v) is 0.340. The van der Waals surface area contributed by atoms with Crippen LogP contribution >= 0.6 is 12.6 Å². The van der Waals surface area contributed by atoms with E-state index in [1.807, 2.05) is 0 Å². The van der Waals surface area contributed by atoms with E-state index in [1.54, 1.807) is 5.48 Å². The molecule has 0 aromatic rings. The summed E-state index contributed by atoms with van der Waals surface area (Å²) in [4.78, 5) is 13.7. The maximum atomic E-state index is 9.78. The van der Waals surface area contributed by atoms with E-state index in [0.29, 0.717) is 0 Å². The van der Waals surface area contributed by atoms with Crippen LogP contribution in [0.25, 0.3) is 0 Å². The minimum Gasteiger partial charge on any atom is -0.368 e. The molecule has 0 spiro atoms. The van der Waals surface area contributed by atoms with Crippen LogP contribution in [0.4, 0.5) is 4.79 Å². The molecule has 46 valence electrons. The minimum atomic E-state index is -0.833. The molecule has 0 rings (SSSR count). The molecule has 0 heterocycles. The molecule has 0 atom stereocenters. The molecular weight excluding hydrogens is 130 g/mol. The number of guanidine groups is 1. The lowest BCUT2D eigenvalue weighted by atomic mass is 11.1. The number of thiol groups is 1. The van der Waals surface area contributed by atoms with Crippen molar-refractivity contribution >= 4 is 23.9 Å². The summed E-state index contributed by atoms with van der Waals surface area (Å²) in [7, 11) is 0. The van der Waals surface area contributed by atoms with Gasteiger partial charge in [-0.05, 0) is 0 Å². The van der Waals surface area contributed by atoms with Crippen LogP contribution in [-0.2, 0) is 4.84 Å². The molecular formula is C2H5N3O2S. The van der Waals surface area contributed by atoms with Crippen molar-refractivity contribution in [1.29, 1.82) is 5.41 Å². The minimum absolute atomic E-state index is 0.438. The van der Waals surface area contributed by atoms with E-state index in [2.05, 4.69) is 17.5 Å². The highest BCUT2D eigenvalue weighted by atomic mass is 32.1. The number of carbonyl (C=O) groups excluding carboxylic acids is 1. The zero-order valence-electron chi connectivity index (χ0n) is 3.84. The second kappa shape index (κ2) is 3.14. The summed E-state index contributed by atoms with van der Waals surface area (Å²) < 4.78 is 0. The van der Waals surface area contributed by atoms with Gasteiger partial charge in [-0.3, -0.25) is 5.41 Å². The van der Waals surface area contributed by atoms with Gasteiger partial charge in [0.1, 0.15) is 0 Å². The summed E-state index contributed by atoms with van der Waals surface area (Å²) in [6, 6.07) is 0. The normalized spacial score (nSPS) is 7.62. The Kier molecular flexibility index (Phi) is 2.78. The Bertz CT molecular complexity index is 99.9. The first-order chi connectivity index (χ1) is 3.63. The summed E-state index contributed by atoms with van der Waals surface area (Å²) in [5, 5.41) is 5.61. The predicted octanol–water partition coefficient (Wildman–Crippen LogP) is -0.549. The highest BCUT2D eigenvalue weighted by molar-refractivity contribution is 7.96. The van der Waals surface area contributed by atoms with Crippen molar-refractivity contribution in [3.63, 3.8) is 0 Å². The molecule has 8 heavy (non-hydrogen) atoms. The predicted molar refractivity (Wildman–Crippen MR) is 30.5 cm³/mol. The summed E-state index contributed by atoms with van der Waals surface area (Å²) in [5.41, 5.74) is 6.48. The van der Waals surface area contributed by atoms with Crippen LogP contribution in [0.3, 0.4) is 0 Å². The molecule has 0 aromatic carbocycles. The molecule has 0 aliphatic rings. The number of hydroxylamine groups is 1. The third-order valence-electron chi connectivity index (χ3n) is 0.248. The molecule has 4 N–H and O–H groups in total. The van der Waals surface area contributed by atoms with E-state index in [0.717, 1.165) is 0 Å². The van der Waals surface area contributed by atoms with E-state index in [1.165, 1.54) is 0 Å². The Morgan fingerprint density at radius 2 is 2.38 bits per heavy atom. The van der Waals surface area contributed by atoms with E-state index < -0.39 is 11.3 Å². The fourth-order valence-corrected chi connectivity index (χ4v) is 0.144. The first-order valence-corrected chi connectivity index (χ1v) is 2.07. The molecule has 0 saturated heterocycles. The Hall–Kier alpha value is -0.910. The number of carbonyl (C=O) groups is 1. The van der Waals surface area contributed by atoms with Crippen molar-refractivity contribution in [2.45, 2.75) is 0 Å². The highest BCUT2D eigenvalue weighted by Crippen LogP contribution is 1.78. The standard InChI is InChI=1S/C2H5N3O2S/c3-1(4)5-7-2(6)8/h(H,6,8)(H4,3,4,5). The highest BCUT2D eigenvalue weighted by Gasteiger charge is 1.90. The fraction of sp³-hybridized carbons (Fsp3) is 0. The van der Waals surface area contributed by atoms with Crippen LogP contribution in [-0.4, -0.2) is 11.3 Å². The SMILES string of the molecule is N=C(N)NOC(=O)S.